The minimum atomic E-state index is -0.296. The third-order valence-electron chi connectivity index (χ3n) is 3.62. The number of aromatic amines is 1. The molecule has 2 aromatic heterocycles. The van der Waals surface area contributed by atoms with Crippen LogP contribution in [0.5, 0.6) is 0 Å². The summed E-state index contributed by atoms with van der Waals surface area (Å²) in [5, 5.41) is 3.04. The predicted molar refractivity (Wildman–Crippen MR) is 96.2 cm³/mol. The molecule has 0 bridgehead atoms. The van der Waals surface area contributed by atoms with Crippen molar-refractivity contribution in [3.05, 3.63) is 50.9 Å². The zero-order chi connectivity index (χ0) is 18.0. The number of H-pyrrole nitrogens is 1. The normalized spacial score (nSPS) is 10.8. The van der Waals surface area contributed by atoms with Crippen LogP contribution in [0, 0.1) is 6.92 Å². The second-order valence-corrected chi connectivity index (χ2v) is 6.57. The van der Waals surface area contributed by atoms with E-state index in [1.54, 1.807) is 19.1 Å². The Labute approximate surface area is 147 Å². The van der Waals surface area contributed by atoms with Gasteiger partial charge in [-0.2, -0.15) is 0 Å². The zero-order valence-electron chi connectivity index (χ0n) is 13.8. The average Bonchev–Trinajstić information content (AvgIpc) is 2.93. The molecule has 3 rings (SSSR count). The molecule has 1 amide bonds. The number of nitrogens with one attached hydrogen (secondary N) is 2. The van der Waals surface area contributed by atoms with Crippen LogP contribution in [0.3, 0.4) is 0 Å². The number of hydrogen-bond donors (Lipinski definition) is 2. The van der Waals surface area contributed by atoms with Gasteiger partial charge in [0.15, 0.2) is 10.9 Å². The van der Waals surface area contributed by atoms with Crippen LogP contribution in [-0.4, -0.2) is 26.6 Å². The van der Waals surface area contributed by atoms with Crippen LogP contribution in [0.4, 0.5) is 5.13 Å². The lowest BCUT2D eigenvalue weighted by atomic mass is 10.2. The molecule has 2 heterocycles. The highest BCUT2D eigenvalue weighted by molar-refractivity contribution is 7.17. The van der Waals surface area contributed by atoms with Crippen LogP contribution in [0.15, 0.2) is 29.1 Å². The molecule has 2 N–H and O–H groups in total. The number of para-hydroxylation sites is 2. The van der Waals surface area contributed by atoms with E-state index < -0.39 is 0 Å². The Balaban J connectivity index is 1.68. The summed E-state index contributed by atoms with van der Waals surface area (Å²) in [5.41, 5.74) is 1.96. The van der Waals surface area contributed by atoms with Gasteiger partial charge in [0, 0.05) is 19.8 Å². The van der Waals surface area contributed by atoms with Gasteiger partial charge >= 0.3 is 0 Å². The molecule has 3 aromatic rings. The number of amides is 1. The fraction of sp³-hybridized carbons (Fsp3) is 0.235. The fourth-order valence-corrected chi connectivity index (χ4v) is 3.30. The summed E-state index contributed by atoms with van der Waals surface area (Å²) in [5.74, 6) is -0.361. The molecule has 0 aliphatic heterocycles. The molecule has 0 spiro atoms. The Kier molecular flexibility index (Phi) is 4.71. The van der Waals surface area contributed by atoms with Gasteiger partial charge < -0.3 is 10.3 Å². The number of hydrogen-bond acceptors (Lipinski definition) is 6. The van der Waals surface area contributed by atoms with Gasteiger partial charge in [0.1, 0.15) is 5.69 Å². The number of nitrogens with zero attached hydrogens (tertiary/aromatic N) is 2. The smallest absolute Gasteiger partial charge is 0.270 e. The van der Waals surface area contributed by atoms with Crippen LogP contribution in [-0.2, 0) is 11.2 Å². The predicted octanol–water partition coefficient (Wildman–Crippen LogP) is 2.46. The number of carbonyl (C=O) groups is 2. The third kappa shape index (κ3) is 3.80. The van der Waals surface area contributed by atoms with Gasteiger partial charge in [-0.05, 0) is 19.1 Å². The lowest BCUT2D eigenvalue weighted by Gasteiger charge is -2.03. The summed E-state index contributed by atoms with van der Waals surface area (Å²) in [6.07, 6.45) is 0.318. The first-order valence-electron chi connectivity index (χ1n) is 7.70. The number of fused-ring (bicyclic) bond motifs is 1. The minimum Gasteiger partial charge on any atom is -0.319 e. The number of thiazole rings is 1. The number of benzene rings is 1. The largest absolute Gasteiger partial charge is 0.319 e. The van der Waals surface area contributed by atoms with Gasteiger partial charge in [-0.3, -0.25) is 14.4 Å². The lowest BCUT2D eigenvalue weighted by molar-refractivity contribution is -0.116. The van der Waals surface area contributed by atoms with E-state index in [9.17, 15) is 14.4 Å². The molecule has 25 heavy (non-hydrogen) atoms. The van der Waals surface area contributed by atoms with Gasteiger partial charge in [0.05, 0.1) is 21.6 Å². The monoisotopic (exact) mass is 356 g/mol. The van der Waals surface area contributed by atoms with Gasteiger partial charge in [-0.25, -0.2) is 9.97 Å². The summed E-state index contributed by atoms with van der Waals surface area (Å²) in [6.45, 7) is 3.19. The Bertz CT molecular complexity index is 1020. The van der Waals surface area contributed by atoms with E-state index in [4.69, 9.17) is 0 Å². The maximum Gasteiger partial charge on any atom is 0.270 e. The SMILES string of the molecule is CC(=O)c1sc(NC(=O)CCc2nc3ccccc3[nH]c2=O)nc1C. The van der Waals surface area contributed by atoms with Crippen LogP contribution in [0.25, 0.3) is 11.0 Å². The van der Waals surface area contributed by atoms with Crippen molar-refractivity contribution in [3.63, 3.8) is 0 Å². The summed E-state index contributed by atoms with van der Waals surface area (Å²) < 4.78 is 0. The van der Waals surface area contributed by atoms with E-state index in [-0.39, 0.29) is 30.1 Å². The first kappa shape index (κ1) is 17.0. The molecule has 0 fully saturated rings. The molecule has 0 aliphatic rings. The highest BCUT2D eigenvalue weighted by Crippen LogP contribution is 2.23. The summed E-state index contributed by atoms with van der Waals surface area (Å²) in [6, 6.07) is 7.23. The highest BCUT2D eigenvalue weighted by Gasteiger charge is 2.14. The topological polar surface area (TPSA) is 105 Å². The maximum absolute atomic E-state index is 12.1. The van der Waals surface area contributed by atoms with Crippen molar-refractivity contribution in [2.45, 2.75) is 26.7 Å². The number of aryl methyl sites for hydroxylation is 2. The first-order chi connectivity index (χ1) is 11.9. The van der Waals surface area contributed by atoms with Crippen molar-refractivity contribution in [2.24, 2.45) is 0 Å². The molecule has 128 valence electrons. The van der Waals surface area contributed by atoms with E-state index in [1.807, 2.05) is 12.1 Å². The highest BCUT2D eigenvalue weighted by atomic mass is 32.1. The number of rotatable bonds is 5. The second kappa shape index (κ2) is 6.94. The van der Waals surface area contributed by atoms with E-state index in [2.05, 4.69) is 20.3 Å². The van der Waals surface area contributed by atoms with Crippen LogP contribution >= 0.6 is 11.3 Å². The van der Waals surface area contributed by atoms with Gasteiger partial charge in [-0.15, -0.1) is 0 Å². The number of carbonyl (C=O) groups excluding carboxylic acids is 2. The Morgan fingerprint density at radius 1 is 1.24 bits per heavy atom. The standard InChI is InChI=1S/C17H16N4O3S/c1-9-15(10(2)22)25-17(18-9)21-14(23)8-7-13-16(24)20-12-6-4-3-5-11(12)19-13/h3-6H,7-8H2,1-2H3,(H,20,24)(H,18,21,23). The number of anilines is 1. The molecule has 0 saturated heterocycles. The zero-order valence-corrected chi connectivity index (χ0v) is 14.6. The molecule has 1 aromatic carbocycles. The second-order valence-electron chi connectivity index (χ2n) is 5.57. The quantitative estimate of drug-likeness (QED) is 0.683. The molecule has 0 atom stereocenters. The number of Topliss-reactive ketones (excluding diaryl/α,β-unsaturated/α-hetero) is 1. The van der Waals surface area contributed by atoms with E-state index in [0.29, 0.717) is 32.4 Å². The Morgan fingerprint density at radius 2 is 2.00 bits per heavy atom. The van der Waals surface area contributed by atoms with Crippen LogP contribution in [0.1, 0.15) is 34.4 Å². The van der Waals surface area contributed by atoms with Crippen LogP contribution < -0.4 is 10.9 Å². The number of aromatic nitrogens is 3. The average molecular weight is 356 g/mol. The van der Waals surface area contributed by atoms with Crippen LogP contribution in [0.2, 0.25) is 0 Å². The molecule has 0 aliphatic carbocycles. The lowest BCUT2D eigenvalue weighted by Crippen LogP contribution is -2.18. The molecular formula is C17H16N4O3S. The molecule has 0 saturated carbocycles. The first-order valence-corrected chi connectivity index (χ1v) is 8.52. The summed E-state index contributed by atoms with van der Waals surface area (Å²) >= 11 is 1.15. The van der Waals surface area contributed by atoms with E-state index in [0.717, 1.165) is 11.3 Å². The minimum absolute atomic E-state index is 0.0811. The van der Waals surface area contributed by atoms with Gasteiger partial charge in [0.2, 0.25) is 5.91 Å². The Morgan fingerprint density at radius 3 is 2.72 bits per heavy atom. The molecular weight excluding hydrogens is 340 g/mol. The molecule has 8 heteroatoms. The Hall–Kier alpha value is -2.87. The van der Waals surface area contributed by atoms with Gasteiger partial charge in [0.25, 0.3) is 5.56 Å². The molecule has 0 unspecified atom stereocenters. The van der Waals surface area contributed by atoms with Crippen molar-refractivity contribution in [1.82, 2.24) is 15.0 Å². The molecule has 7 nitrogen and oxygen atoms in total. The van der Waals surface area contributed by atoms with Crippen molar-refractivity contribution in [3.8, 4) is 0 Å². The van der Waals surface area contributed by atoms with E-state index in [1.165, 1.54) is 6.92 Å². The maximum atomic E-state index is 12.1. The van der Waals surface area contributed by atoms with Crippen molar-refractivity contribution >= 4 is 39.2 Å². The molecule has 0 radical (unpaired) electrons. The third-order valence-corrected chi connectivity index (χ3v) is 4.80. The van der Waals surface area contributed by atoms with Crippen molar-refractivity contribution in [1.29, 1.82) is 0 Å². The number of ketones is 1. The van der Waals surface area contributed by atoms with Crippen molar-refractivity contribution in [2.75, 3.05) is 5.32 Å². The van der Waals surface area contributed by atoms with Gasteiger partial charge in [-0.1, -0.05) is 23.5 Å². The fourth-order valence-electron chi connectivity index (χ4n) is 2.43. The summed E-state index contributed by atoms with van der Waals surface area (Å²) in [7, 11) is 0. The van der Waals surface area contributed by atoms with Crippen molar-refractivity contribution < 1.29 is 9.59 Å². The summed E-state index contributed by atoms with van der Waals surface area (Å²) in [4.78, 5) is 47.3. The van der Waals surface area contributed by atoms with E-state index >= 15 is 0 Å².